The quantitative estimate of drug-likeness (QED) is 0.00834. The minimum Gasteiger partial charge on any atom is -0.857 e. The minimum absolute atomic E-state index is 0. The molecule has 0 aliphatic carbocycles. The van der Waals surface area contributed by atoms with E-state index in [1.807, 2.05) is 13.8 Å². The molecule has 8 amide bonds. The number of carbonyl (C=O) groups is 12. The van der Waals surface area contributed by atoms with Crippen molar-refractivity contribution in [2.45, 2.75) is 336 Å². The van der Waals surface area contributed by atoms with Crippen molar-refractivity contribution in [1.82, 2.24) is 42.5 Å². The first-order valence-corrected chi connectivity index (χ1v) is 42.8. The number of thiol groups is 1. The van der Waals surface area contributed by atoms with Crippen molar-refractivity contribution in [3.8, 4) is 0 Å². The Balaban J connectivity index is 0.000000402. The predicted molar refractivity (Wildman–Crippen MR) is 451 cm³/mol. The van der Waals surface area contributed by atoms with Gasteiger partial charge in [0.1, 0.15) is 109 Å². The Morgan fingerprint density at radius 2 is 0.681 bits per heavy atom. The molecule has 13 rings (SSSR count). The smallest absolute Gasteiger partial charge is 0.857 e. The van der Waals surface area contributed by atoms with E-state index in [9.17, 15) is 109 Å². The summed E-state index contributed by atoms with van der Waals surface area (Å²) < 4.78 is 79.0. The second-order valence-electron chi connectivity index (χ2n) is 32.1. The second-order valence-corrected chi connectivity index (χ2v) is 32.5. The summed E-state index contributed by atoms with van der Waals surface area (Å²) in [4.78, 5) is 140. The number of nitrogens with zero attached hydrogens (tertiary/aromatic N) is 12. The van der Waals surface area contributed by atoms with Gasteiger partial charge in [0, 0.05) is 102 Å². The molecule has 0 aromatic carbocycles. The largest absolute Gasteiger partial charge is 1.00 e. The van der Waals surface area contributed by atoms with Crippen LogP contribution in [-0.2, 0) is 129 Å². The Kier molecular flexibility index (Phi) is 53.9. The van der Waals surface area contributed by atoms with Gasteiger partial charge in [-0.2, -0.15) is 7.11 Å². The summed E-state index contributed by atoms with van der Waals surface area (Å²) in [5.41, 5.74) is 34.0. The molecule has 40 atom stereocenters. The van der Waals surface area contributed by atoms with E-state index in [0.717, 1.165) is 7.11 Å². The maximum Gasteiger partial charge on any atom is 1.00 e. The molecule has 0 saturated carbocycles. The molecule has 8 bridgehead atoms. The molecule has 13 fully saturated rings. The van der Waals surface area contributed by atoms with Crippen molar-refractivity contribution in [2.24, 2.45) is 32.3 Å². The number of hydrogen-bond acceptors (Lipinski definition) is 45. The van der Waals surface area contributed by atoms with E-state index in [1.165, 1.54) is 76.2 Å². The Morgan fingerprint density at radius 3 is 1.12 bits per heavy atom. The first kappa shape index (κ1) is 124. The van der Waals surface area contributed by atoms with Crippen molar-refractivity contribution in [1.29, 1.82) is 0 Å². The van der Waals surface area contributed by atoms with Crippen LogP contribution < -0.4 is 77.2 Å². The van der Waals surface area contributed by atoms with Gasteiger partial charge < -0.3 is 185 Å². The van der Waals surface area contributed by atoms with Gasteiger partial charge in [0.25, 0.3) is 5.12 Å². The van der Waals surface area contributed by atoms with Gasteiger partial charge in [-0.25, -0.2) is 0 Å². The number of nitrogens with one attached hydrogen (secondary N) is 8. The number of aliphatic hydroxyl groups is 13. The molecule has 13 heterocycles. The maximum absolute atomic E-state index is 11.3. The summed E-state index contributed by atoms with van der Waals surface area (Å²) in [7, 11) is 0.750. The fraction of sp³-hybridized carbons (Fsp3) is 0.840. The molecule has 138 heavy (non-hydrogen) atoms. The SMILES string of the molecule is CC(=O)C(=O)S.CC(=O)NC1C(O)OC(CO)[C@@H](C)[C@@H]1O.CC(=O)NC1C(O)OC(CO)[C@@H](N=[N+]=[N-])[C@@H]1O.CC(=O)NC1C(O)OC(CO)[C@@H](O)[C@@H]1O.CC(=O)N[C@@H]1[C@@H]2OCC(O2)[C@@H]2O[C@@H]12.CC(=O)N[C@H]1C(O)[C@H](N=[N+]=[N-])C2CO[C@@H]1O2.CC(=O)N[C@H]1C(O)[C@H](O)C2CO[C@@H]1O2.CC(=O)N[C@H]1C(OC(C)=O)[C@H](N=[N+]=[N-])C2CO[C@@H]1O2.CCC1OC(OC(C)=O)C(NC(C)=O)[C@@H](C)[C@@H]1N=[N+]=[N-].C[O-].[Na+]. The van der Waals surface area contributed by atoms with Crippen LogP contribution in [0.15, 0.2) is 20.5 Å². The molecule has 0 radical (unpaired) electrons. The number of epoxide rings is 1. The molecule has 0 aromatic rings. The number of ketones is 1. The number of Topliss-reactive ketones (excluding diaryl/α,β-unsaturated/α-hetero) is 1. The summed E-state index contributed by atoms with van der Waals surface area (Å²) in [6, 6.07) is -8.78. The number of amides is 8. The fourth-order valence-electron chi connectivity index (χ4n) is 15.4. The van der Waals surface area contributed by atoms with E-state index in [1.54, 1.807) is 6.92 Å². The number of carbonyl (C=O) groups excluding carboxylic acids is 12. The van der Waals surface area contributed by atoms with Gasteiger partial charge in [-0.3, -0.25) is 57.5 Å². The predicted octanol–water partition coefficient (Wildman–Crippen LogP) is -13.0. The molecule has 13 saturated heterocycles. The molecule has 13 aliphatic rings. The van der Waals surface area contributed by atoms with Crippen molar-refractivity contribution >= 4 is 82.7 Å². The Morgan fingerprint density at radius 1 is 0.355 bits per heavy atom. The van der Waals surface area contributed by atoms with E-state index in [2.05, 4.69) is 95.3 Å². The summed E-state index contributed by atoms with van der Waals surface area (Å²) in [5, 5.41) is 165. The zero-order chi connectivity index (χ0) is 104. The standard InChI is InChI=1S/C12H20N4O4.C10H14N4O5.C9H17NO5.C8H14N4O5.C8H12N4O4.C8H15NO6.C8H13NO5.C8H11NO4.C3H4O2S.CH3O.Na/c1-5-9-10(15-16-13)6(2)11(14-7(3)17)12(20-9)19-8(4)18;1-4(15)12-8-9(18-5(2)16)7(13-14-11)6-3-17-10(8)19-6;1-4-6(3-11)15-9(14)7(8(4)13)10-5(2)12;1-3(14)10-6-7(15)5(11-12-9)4(2-13)17-8(6)16;1-3(13)10-6-7(14)5(11-12-9)4-2-15-8(6)16-4;1-3(11)9-5-7(13)6(12)4(2-10)15-8(5)14;1-3(10)9-5-7(12)6(11)4-2-13-8(5)14-4;1-3(10)9-5-7-6(13-7)4-2-11-8(5)12-4;1-2(4)3(5)6;1-2;/h6,9-12H,5H2,1-4H3,(H,14,17);6-10H,3H2,1-2H3,(H,12,15);4,6-9,11,13-14H,3H2,1-2H3,(H,10,12);4-8,13,15-16H,2H2,1H3,(H,10,14);4-8,14H,2H2,1H3,(H,10,13);4-8,10,12-14H,2H2,1H3,(H,9,11);4-8,11-12H,2H2,1H3,(H,9,10);4-8H,2H2,1H3,(H,9,10);1H3,(H,5,6);1H3;/q;;;;;;;;;-1;+1/t6-,9?,10-,11?,12?;6?,7-,8+,9?,10-;4-,6?,7?,8+,9?;4?,5-,6?,7+,8?;4?,5-,6+,7?,8-;4?,5?,6-,7-,8?;4?,5-,6+,7?,8+;4?,5-,6-,7-,8+;;;/m01111100.../s1. The summed E-state index contributed by atoms with van der Waals surface area (Å²) in [5.74, 6) is -4.64. The van der Waals surface area contributed by atoms with E-state index >= 15 is 0 Å². The zero-order valence-electron chi connectivity index (χ0n) is 77.8. The topological polar surface area (TPSA) is 924 Å². The first-order valence-electron chi connectivity index (χ1n) is 42.3. The number of aliphatic hydroxyl groups excluding tert-OH is 13. The minimum atomic E-state index is -1.48. The van der Waals surface area contributed by atoms with Gasteiger partial charge in [-0.15, -0.1) is 0 Å². The van der Waals surface area contributed by atoms with E-state index in [0.29, 0.717) is 13.0 Å². The molecule has 13 aliphatic heterocycles. The average Bonchev–Trinajstić information content (AvgIpc) is 1.57. The molecule has 19 unspecified atom stereocenters. The van der Waals surface area contributed by atoms with Crippen LogP contribution in [0.25, 0.3) is 41.8 Å². The Hall–Kier alpha value is -8.45. The number of hydrogen-bond donors (Lipinski definition) is 22. The van der Waals surface area contributed by atoms with Crippen LogP contribution in [0.1, 0.15) is 103 Å². The van der Waals surface area contributed by atoms with E-state index in [-0.39, 0.29) is 140 Å². The number of esters is 2. The van der Waals surface area contributed by atoms with Gasteiger partial charge in [0.2, 0.25) is 59.3 Å². The molecule has 21 N–H and O–H groups in total. The average molecular weight is 2020 g/mol. The third kappa shape index (κ3) is 36.2. The van der Waals surface area contributed by atoms with Gasteiger partial charge >= 0.3 is 41.5 Å². The van der Waals surface area contributed by atoms with Crippen LogP contribution in [0.5, 0.6) is 0 Å². The van der Waals surface area contributed by atoms with Gasteiger partial charge in [-0.05, 0) is 34.5 Å². The molecule has 63 heteroatoms. The van der Waals surface area contributed by atoms with Crippen LogP contribution in [0.4, 0.5) is 0 Å². The Labute approximate surface area is 814 Å². The third-order valence-electron chi connectivity index (χ3n) is 21.8. The van der Waals surface area contributed by atoms with Crippen LogP contribution in [-0.4, -0.2) is 423 Å². The van der Waals surface area contributed by atoms with Gasteiger partial charge in [0.15, 0.2) is 44.0 Å². The van der Waals surface area contributed by atoms with E-state index in [4.69, 9.17) is 114 Å². The van der Waals surface area contributed by atoms with Crippen molar-refractivity contribution < 1.29 is 230 Å². The molecule has 776 valence electrons. The summed E-state index contributed by atoms with van der Waals surface area (Å²) in [6.45, 7) is 19.7. The van der Waals surface area contributed by atoms with Gasteiger partial charge in [-0.1, -0.05) is 53.9 Å². The maximum atomic E-state index is 11.3. The fourth-order valence-corrected chi connectivity index (χ4v) is 15.4. The van der Waals surface area contributed by atoms with Crippen LogP contribution in [0.2, 0.25) is 0 Å². The van der Waals surface area contributed by atoms with Crippen molar-refractivity contribution in [3.63, 3.8) is 0 Å². The number of azide groups is 4. The van der Waals surface area contributed by atoms with E-state index < -0.39 is 244 Å². The Bertz CT molecular complexity index is 4130. The number of ether oxygens (including phenoxy) is 15. The monoisotopic (exact) mass is 2010 g/mol. The molecule has 0 spiro atoms. The van der Waals surface area contributed by atoms with Crippen molar-refractivity contribution in [2.75, 3.05) is 53.4 Å². The molecule has 61 nitrogen and oxygen atoms in total. The number of fused-ring (bicyclic) bond motifs is 10. The number of rotatable bonds is 19. The van der Waals surface area contributed by atoms with Crippen LogP contribution >= 0.6 is 12.6 Å². The third-order valence-corrected chi connectivity index (χ3v) is 22.1. The first-order chi connectivity index (χ1) is 64.5. The molecular formula is C75H123N20NaO41S. The van der Waals surface area contributed by atoms with Crippen LogP contribution in [0, 0.1) is 11.8 Å². The van der Waals surface area contributed by atoms with Crippen LogP contribution in [0.3, 0.4) is 0 Å². The molecular weight excluding hydrogens is 1890 g/mol. The summed E-state index contributed by atoms with van der Waals surface area (Å²) >= 11 is 3.20. The van der Waals surface area contributed by atoms with Gasteiger partial charge in [0.05, 0.1) is 119 Å². The molecule has 0 aromatic heterocycles. The normalized spacial score (nSPS) is 38.0. The summed E-state index contributed by atoms with van der Waals surface area (Å²) in [6.07, 6.45) is -19.8. The zero-order valence-corrected chi connectivity index (χ0v) is 80.7. The second kappa shape index (κ2) is 60.1. The van der Waals surface area contributed by atoms with Crippen molar-refractivity contribution in [3.05, 3.63) is 41.8 Å².